The van der Waals surface area contributed by atoms with E-state index in [-0.39, 0.29) is 17.5 Å². The van der Waals surface area contributed by atoms with Crippen LogP contribution in [0.2, 0.25) is 0 Å². The predicted octanol–water partition coefficient (Wildman–Crippen LogP) is 3.16. The Hall–Kier alpha value is -2.78. The van der Waals surface area contributed by atoms with Gasteiger partial charge in [0.25, 0.3) is 5.91 Å². The first-order valence-corrected chi connectivity index (χ1v) is 12.6. The molecule has 0 spiro atoms. The van der Waals surface area contributed by atoms with E-state index in [0.29, 0.717) is 29.1 Å². The fourth-order valence-corrected chi connectivity index (χ4v) is 6.52. The van der Waals surface area contributed by atoms with Gasteiger partial charge in [0.2, 0.25) is 0 Å². The number of carbonyl (C=O) groups is 2. The summed E-state index contributed by atoms with van der Waals surface area (Å²) in [7, 11) is -3.11. The molecule has 3 aromatic rings. The number of benzene rings is 2. The average molecular weight is 459 g/mol. The molecule has 0 aliphatic carbocycles. The molecule has 9 heteroatoms. The van der Waals surface area contributed by atoms with Gasteiger partial charge in [-0.1, -0.05) is 30.3 Å². The first kappa shape index (κ1) is 21.5. The number of nitrogens with zero attached hydrogens (tertiary/aromatic N) is 2. The van der Waals surface area contributed by atoms with Crippen molar-refractivity contribution in [2.45, 2.75) is 19.4 Å². The zero-order valence-corrected chi connectivity index (χ0v) is 18.6. The lowest BCUT2D eigenvalue weighted by atomic mass is 10.1. The van der Waals surface area contributed by atoms with Crippen molar-refractivity contribution in [3.63, 3.8) is 0 Å². The molecule has 7 nitrogen and oxygen atoms in total. The van der Waals surface area contributed by atoms with Crippen LogP contribution in [0.1, 0.15) is 23.7 Å². The molecular weight excluding hydrogens is 436 g/mol. The fourth-order valence-electron chi connectivity index (χ4n) is 3.78. The number of thiazole rings is 1. The summed E-state index contributed by atoms with van der Waals surface area (Å²) in [5.74, 6) is -0.966. The first-order valence-electron chi connectivity index (χ1n) is 10.00. The molecule has 1 aromatic heterocycles. The normalized spacial score (nSPS) is 17.5. The van der Waals surface area contributed by atoms with E-state index in [1.807, 2.05) is 30.3 Å². The Morgan fingerprint density at radius 2 is 1.90 bits per heavy atom. The van der Waals surface area contributed by atoms with Crippen LogP contribution < -0.4 is 0 Å². The number of para-hydroxylation sites is 1. The molecule has 2 aromatic carbocycles. The van der Waals surface area contributed by atoms with Crippen molar-refractivity contribution in [2.75, 3.05) is 24.7 Å². The number of esters is 1. The second kappa shape index (κ2) is 8.76. The summed E-state index contributed by atoms with van der Waals surface area (Å²) in [6, 6.07) is 14.4. The maximum Gasteiger partial charge on any atom is 0.339 e. The number of ether oxygens (including phenoxy) is 1. The summed E-state index contributed by atoms with van der Waals surface area (Å²) < 4.78 is 29.8. The average Bonchev–Trinajstić information content (AvgIpc) is 3.35. The highest BCUT2D eigenvalue weighted by Gasteiger charge is 2.34. The van der Waals surface area contributed by atoms with Crippen molar-refractivity contribution < 1.29 is 22.7 Å². The van der Waals surface area contributed by atoms with Gasteiger partial charge in [0.15, 0.2) is 16.4 Å². The number of sulfone groups is 1. The Labute approximate surface area is 184 Å². The molecule has 0 unspecified atom stereocenters. The minimum Gasteiger partial charge on any atom is -0.452 e. The third-order valence-corrected chi connectivity index (χ3v) is 8.13. The van der Waals surface area contributed by atoms with Crippen LogP contribution in [0.15, 0.2) is 48.5 Å². The molecule has 1 fully saturated rings. The van der Waals surface area contributed by atoms with E-state index in [0.717, 1.165) is 10.2 Å². The van der Waals surface area contributed by atoms with E-state index >= 15 is 0 Å². The van der Waals surface area contributed by atoms with E-state index in [9.17, 15) is 18.0 Å². The molecule has 1 amide bonds. The zero-order valence-electron chi connectivity index (χ0n) is 17.0. The summed E-state index contributed by atoms with van der Waals surface area (Å²) in [5, 5.41) is 0.700. The smallest absolute Gasteiger partial charge is 0.339 e. The van der Waals surface area contributed by atoms with E-state index in [1.165, 1.54) is 16.2 Å². The van der Waals surface area contributed by atoms with E-state index in [1.54, 1.807) is 25.1 Å². The molecule has 1 atom stereocenters. The van der Waals surface area contributed by atoms with Crippen molar-refractivity contribution in [3.05, 3.63) is 54.1 Å². The summed E-state index contributed by atoms with van der Waals surface area (Å²) >= 11 is 1.48. The highest BCUT2D eigenvalue weighted by molar-refractivity contribution is 7.91. The van der Waals surface area contributed by atoms with Crippen LogP contribution in [0.4, 0.5) is 0 Å². The Bertz CT molecular complexity index is 1200. The van der Waals surface area contributed by atoms with Crippen LogP contribution in [0.25, 0.3) is 20.8 Å². The van der Waals surface area contributed by atoms with Gasteiger partial charge in [-0.05, 0) is 31.5 Å². The van der Waals surface area contributed by atoms with Gasteiger partial charge in [0.05, 0.1) is 27.3 Å². The highest BCUT2D eigenvalue weighted by Crippen LogP contribution is 2.32. The molecule has 0 saturated carbocycles. The van der Waals surface area contributed by atoms with Gasteiger partial charge < -0.3 is 9.64 Å². The maximum atomic E-state index is 12.8. The quantitative estimate of drug-likeness (QED) is 0.527. The Morgan fingerprint density at radius 3 is 2.61 bits per heavy atom. The molecule has 0 N–H and O–H groups in total. The molecular formula is C22H22N2O5S2. The highest BCUT2D eigenvalue weighted by atomic mass is 32.2. The molecule has 1 saturated heterocycles. The van der Waals surface area contributed by atoms with E-state index < -0.39 is 28.3 Å². The zero-order chi connectivity index (χ0) is 22.0. The SMILES string of the molecule is CCN(C(=O)COC(=O)c1ccccc1-c1nc2ccccc2s1)[C@H]1CCS(=O)(=O)C1. The minimum atomic E-state index is -3.11. The lowest BCUT2D eigenvalue weighted by molar-refractivity contribution is -0.136. The predicted molar refractivity (Wildman–Crippen MR) is 120 cm³/mol. The van der Waals surface area contributed by atoms with Gasteiger partial charge in [-0.15, -0.1) is 11.3 Å². The third-order valence-electron chi connectivity index (χ3n) is 5.31. The summed E-state index contributed by atoms with van der Waals surface area (Å²) in [6.45, 7) is 1.71. The van der Waals surface area contributed by atoms with Crippen molar-refractivity contribution >= 4 is 43.3 Å². The number of aromatic nitrogens is 1. The van der Waals surface area contributed by atoms with Crippen molar-refractivity contribution in [1.29, 1.82) is 0 Å². The maximum absolute atomic E-state index is 12.8. The van der Waals surface area contributed by atoms with E-state index in [2.05, 4.69) is 4.98 Å². The van der Waals surface area contributed by atoms with Crippen LogP contribution in [-0.2, 0) is 19.4 Å². The second-order valence-corrected chi connectivity index (χ2v) is 10.6. The molecule has 4 rings (SSSR count). The Kier molecular flexibility index (Phi) is 6.06. The van der Waals surface area contributed by atoms with Gasteiger partial charge in [0.1, 0.15) is 5.01 Å². The third kappa shape index (κ3) is 4.62. The first-order chi connectivity index (χ1) is 14.9. The van der Waals surface area contributed by atoms with Crippen molar-refractivity contribution in [2.24, 2.45) is 0 Å². The van der Waals surface area contributed by atoms with Crippen molar-refractivity contribution in [1.82, 2.24) is 9.88 Å². The standard InChI is InChI=1S/C22H22N2O5S2/c1-2-24(15-11-12-31(27,28)14-15)20(25)13-29-22(26)17-8-4-3-7-16(17)21-23-18-9-5-6-10-19(18)30-21/h3-10,15H,2,11-14H2,1H3/t15-/m0/s1. The number of carbonyl (C=O) groups excluding carboxylic acids is 2. The molecule has 1 aliphatic heterocycles. The second-order valence-electron chi connectivity index (χ2n) is 7.35. The molecule has 0 bridgehead atoms. The number of amides is 1. The topological polar surface area (TPSA) is 93.6 Å². The van der Waals surface area contributed by atoms with Crippen LogP contribution in [0.3, 0.4) is 0 Å². The Balaban J connectivity index is 1.48. The van der Waals surface area contributed by atoms with Gasteiger partial charge in [-0.2, -0.15) is 0 Å². The summed E-state index contributed by atoms with van der Waals surface area (Å²) in [4.78, 5) is 31.5. The van der Waals surface area contributed by atoms with Crippen LogP contribution in [0, 0.1) is 0 Å². The van der Waals surface area contributed by atoms with Gasteiger partial charge in [0, 0.05) is 18.2 Å². The van der Waals surface area contributed by atoms with Crippen LogP contribution in [0.5, 0.6) is 0 Å². The largest absolute Gasteiger partial charge is 0.452 e. The lowest BCUT2D eigenvalue weighted by Gasteiger charge is -2.26. The molecule has 162 valence electrons. The van der Waals surface area contributed by atoms with Gasteiger partial charge in [-0.3, -0.25) is 4.79 Å². The molecule has 31 heavy (non-hydrogen) atoms. The minimum absolute atomic E-state index is 0.0407. The molecule has 1 aliphatic rings. The molecule has 2 heterocycles. The molecule has 0 radical (unpaired) electrons. The number of fused-ring (bicyclic) bond motifs is 1. The summed E-state index contributed by atoms with van der Waals surface area (Å²) in [6.07, 6.45) is 0.413. The van der Waals surface area contributed by atoms with Crippen LogP contribution >= 0.6 is 11.3 Å². The number of hydrogen-bond donors (Lipinski definition) is 0. The number of rotatable bonds is 6. The van der Waals surface area contributed by atoms with Crippen LogP contribution in [-0.4, -0.2) is 60.9 Å². The lowest BCUT2D eigenvalue weighted by Crippen LogP contribution is -2.43. The Morgan fingerprint density at radius 1 is 1.16 bits per heavy atom. The monoisotopic (exact) mass is 458 g/mol. The fraction of sp³-hybridized carbons (Fsp3) is 0.318. The van der Waals surface area contributed by atoms with Gasteiger partial charge in [-0.25, -0.2) is 18.2 Å². The van der Waals surface area contributed by atoms with Crippen molar-refractivity contribution in [3.8, 4) is 10.6 Å². The van der Waals surface area contributed by atoms with Gasteiger partial charge >= 0.3 is 5.97 Å². The summed E-state index contributed by atoms with van der Waals surface area (Å²) in [5.41, 5.74) is 1.84. The number of hydrogen-bond acceptors (Lipinski definition) is 7. The van der Waals surface area contributed by atoms with E-state index in [4.69, 9.17) is 4.74 Å². The number of likely N-dealkylation sites (N-methyl/N-ethyl adjacent to an activating group) is 1.